The van der Waals surface area contributed by atoms with Crippen LogP contribution in [0.15, 0.2) is 29.4 Å². The third-order valence-corrected chi connectivity index (χ3v) is 5.32. The van der Waals surface area contributed by atoms with Crippen LogP contribution in [-0.2, 0) is 14.2 Å². The predicted octanol–water partition coefficient (Wildman–Crippen LogP) is -2.94. The first kappa shape index (κ1) is 33.2. The van der Waals surface area contributed by atoms with Crippen molar-refractivity contribution in [3.05, 3.63) is 62.0 Å². The van der Waals surface area contributed by atoms with Gasteiger partial charge in [0.1, 0.15) is 12.0 Å². The summed E-state index contributed by atoms with van der Waals surface area (Å²) in [5.41, 5.74) is 0.693. The molecule has 0 N–H and O–H groups in total. The van der Waals surface area contributed by atoms with E-state index in [1.165, 1.54) is 12.0 Å². The second kappa shape index (κ2) is 16.8. The van der Waals surface area contributed by atoms with Crippen LogP contribution >= 0.6 is 0 Å². The van der Waals surface area contributed by atoms with E-state index in [-0.39, 0.29) is 61.6 Å². The van der Waals surface area contributed by atoms with Gasteiger partial charge in [-0.05, 0) is 6.42 Å². The Balaban J connectivity index is 0.000000626. The Labute approximate surface area is 232 Å². The Bertz CT molecular complexity index is 879. The Morgan fingerprint density at radius 3 is 2.74 bits per heavy atom. The van der Waals surface area contributed by atoms with Crippen molar-refractivity contribution in [3.63, 3.8) is 0 Å². The largest absolute Gasteiger partial charge is 1.00 e. The van der Waals surface area contributed by atoms with Gasteiger partial charge in [-0.25, -0.2) is 9.78 Å². The molecule has 2 fully saturated rings. The zero-order chi connectivity index (χ0) is 24.3. The average molecular weight is 466 g/mol. The standard InChI is InChI=1S/C12H9N3O.C12H19NO4.2Li/c1-3-6-14-9-10(8-13)11-5-4-7-15-12(11)16-2;1-4-13(5-2)11(14)17-9-8-16-10-12(9,3)6-7-15-10;;/h1,3-5,7-8H,2H3;9-10H,1-2,4-8H2,3H3;;/q-4;-2;2*+1/t;9-,10?,12-;;/m.0../s1. The third-order valence-electron chi connectivity index (χ3n) is 5.32. The molecule has 3 rings (SSSR count). The van der Waals surface area contributed by atoms with E-state index < -0.39 is 0 Å². The van der Waals surface area contributed by atoms with Crippen LogP contribution in [0.1, 0.15) is 18.9 Å². The number of aromatic nitrogens is 1. The summed E-state index contributed by atoms with van der Waals surface area (Å²) in [6, 6.07) is 3.44. The molecule has 0 aromatic carbocycles. The van der Waals surface area contributed by atoms with Gasteiger partial charge in [-0.15, -0.1) is 24.7 Å². The zero-order valence-corrected chi connectivity index (χ0v) is 20.9. The molecular formula is C24H28Li2N4O5-4. The van der Waals surface area contributed by atoms with Gasteiger partial charge in [0, 0.05) is 6.20 Å². The number of rotatable bonds is 8. The number of carbonyl (C=O) groups is 1. The second-order valence-corrected chi connectivity index (χ2v) is 7.27. The maximum absolute atomic E-state index is 11.8. The maximum Gasteiger partial charge on any atom is 1.00 e. The van der Waals surface area contributed by atoms with Gasteiger partial charge in [-0.3, -0.25) is 5.57 Å². The summed E-state index contributed by atoms with van der Waals surface area (Å²) in [4.78, 5) is 20.9. The molecule has 0 bridgehead atoms. The van der Waals surface area contributed by atoms with Gasteiger partial charge in [0.25, 0.3) is 0 Å². The van der Waals surface area contributed by atoms with Gasteiger partial charge in [0.2, 0.25) is 0 Å². The Morgan fingerprint density at radius 2 is 2.14 bits per heavy atom. The average Bonchev–Trinajstić information content (AvgIpc) is 3.35. The van der Waals surface area contributed by atoms with Gasteiger partial charge >= 0.3 is 43.8 Å². The van der Waals surface area contributed by atoms with E-state index in [4.69, 9.17) is 30.9 Å². The van der Waals surface area contributed by atoms with E-state index >= 15 is 0 Å². The third kappa shape index (κ3) is 8.65. The van der Waals surface area contributed by atoms with Gasteiger partial charge in [-0.2, -0.15) is 12.4 Å². The van der Waals surface area contributed by atoms with Crippen molar-refractivity contribution < 1.29 is 61.5 Å². The molecule has 0 radical (unpaired) electrons. The molecule has 0 aliphatic carbocycles. The second-order valence-electron chi connectivity index (χ2n) is 7.27. The molecule has 2 saturated heterocycles. The van der Waals surface area contributed by atoms with Gasteiger partial charge in [0.15, 0.2) is 6.29 Å². The van der Waals surface area contributed by atoms with Gasteiger partial charge in [0.05, 0.1) is 25.7 Å². The van der Waals surface area contributed by atoms with Crippen LogP contribution in [0.25, 0.3) is 11.0 Å². The summed E-state index contributed by atoms with van der Waals surface area (Å²) in [6.07, 6.45) is 8.50. The number of methoxy groups -OCH3 is 1. The summed E-state index contributed by atoms with van der Waals surface area (Å²) in [5, 5.41) is 9.06. The summed E-state index contributed by atoms with van der Waals surface area (Å²) < 4.78 is 21.5. The summed E-state index contributed by atoms with van der Waals surface area (Å²) in [5.74, 6) is 0.377. The summed E-state index contributed by atoms with van der Waals surface area (Å²) >= 11 is 0. The number of amides is 1. The fourth-order valence-electron chi connectivity index (χ4n) is 3.32. The van der Waals surface area contributed by atoms with Crippen molar-refractivity contribution in [1.29, 1.82) is 0 Å². The number of hydrogen-bond acceptors (Lipinski definition) is 7. The number of aliphatic imine (C=N–C) groups is 1. The van der Waals surface area contributed by atoms with Crippen LogP contribution in [0.2, 0.25) is 0 Å². The number of nitrogens with zero attached hydrogens (tertiary/aromatic N) is 4. The first-order chi connectivity index (χ1) is 15.9. The minimum absolute atomic E-state index is 0. The summed E-state index contributed by atoms with van der Waals surface area (Å²) in [6.45, 7) is 16.2. The van der Waals surface area contributed by atoms with E-state index in [0.717, 1.165) is 18.7 Å². The molecule has 3 atom stereocenters. The number of fused-ring (bicyclic) bond motifs is 1. The van der Waals surface area contributed by atoms with E-state index in [0.29, 0.717) is 43.3 Å². The van der Waals surface area contributed by atoms with Gasteiger partial charge < -0.3 is 67.0 Å². The van der Waals surface area contributed by atoms with E-state index in [2.05, 4.69) is 36.2 Å². The van der Waals surface area contributed by atoms with Crippen molar-refractivity contribution in [2.75, 3.05) is 33.4 Å². The molecule has 9 nitrogen and oxygen atoms in total. The van der Waals surface area contributed by atoms with Crippen LogP contribution in [0.4, 0.5) is 4.79 Å². The smallest absolute Gasteiger partial charge is 0.911 e. The minimum Gasteiger partial charge on any atom is -0.911 e. The van der Waals surface area contributed by atoms with Crippen LogP contribution in [0.5, 0.6) is 5.88 Å². The SMILES string of the molecule is [CH-]=C[C-]=N[C-]=C(C=[N-])c1cccnc1OC.[CH2-]CN(C[CH2-])C(=O)O[C@H]1COC2OCC[C@]21C.[Li+].[Li+]. The van der Waals surface area contributed by atoms with Crippen molar-refractivity contribution in [1.82, 2.24) is 9.88 Å². The molecule has 1 amide bonds. The van der Waals surface area contributed by atoms with E-state index in [1.54, 1.807) is 18.3 Å². The molecule has 2 aliphatic heterocycles. The van der Waals surface area contributed by atoms with Gasteiger partial charge in [-0.1, -0.05) is 13.0 Å². The topological polar surface area (TPSA) is 105 Å². The maximum atomic E-state index is 11.8. The minimum atomic E-state index is -0.377. The first-order valence-electron chi connectivity index (χ1n) is 10.3. The molecule has 3 heterocycles. The first-order valence-corrected chi connectivity index (χ1v) is 10.3. The quantitative estimate of drug-likeness (QED) is 0.231. The molecular weight excluding hydrogens is 438 g/mol. The molecule has 0 saturated carbocycles. The fraction of sp³-hybridized carbons (Fsp3) is 0.417. The number of hydrogen-bond donors (Lipinski definition) is 0. The zero-order valence-electron chi connectivity index (χ0n) is 20.9. The van der Waals surface area contributed by atoms with Crippen molar-refractivity contribution in [2.24, 2.45) is 10.4 Å². The number of allylic oxidation sites excluding steroid dienone is 2. The monoisotopic (exact) mass is 466 g/mol. The molecule has 11 heteroatoms. The number of ether oxygens (including phenoxy) is 4. The Kier molecular flexibility index (Phi) is 15.9. The van der Waals surface area contributed by atoms with E-state index in [9.17, 15) is 4.79 Å². The normalized spacial score (nSPS) is 22.6. The summed E-state index contributed by atoms with van der Waals surface area (Å²) in [7, 11) is 1.49. The Morgan fingerprint density at radius 1 is 1.43 bits per heavy atom. The molecule has 2 aliphatic rings. The molecule has 180 valence electrons. The number of pyridine rings is 1. The fourth-order valence-corrected chi connectivity index (χ4v) is 3.32. The van der Waals surface area contributed by atoms with Crippen molar-refractivity contribution in [2.45, 2.75) is 25.7 Å². The van der Waals surface area contributed by atoms with Crippen LogP contribution in [-0.4, -0.2) is 74.2 Å². The molecule has 0 spiro atoms. The van der Waals surface area contributed by atoms with E-state index in [1.807, 2.05) is 6.92 Å². The van der Waals surface area contributed by atoms with Crippen molar-refractivity contribution in [3.8, 4) is 5.88 Å². The Hall–Kier alpha value is -1.85. The molecule has 1 aromatic heterocycles. The predicted molar refractivity (Wildman–Crippen MR) is 124 cm³/mol. The number of carbonyl (C=O) groups excluding carboxylic acids is 1. The van der Waals surface area contributed by atoms with Crippen LogP contribution in [0, 0.1) is 32.0 Å². The van der Waals surface area contributed by atoms with Crippen LogP contribution in [0.3, 0.4) is 0 Å². The van der Waals surface area contributed by atoms with Crippen molar-refractivity contribution >= 4 is 24.1 Å². The molecule has 35 heavy (non-hydrogen) atoms. The van der Waals surface area contributed by atoms with Crippen LogP contribution < -0.4 is 42.5 Å². The molecule has 1 unspecified atom stereocenters. The molecule has 1 aromatic rings.